The molecule has 0 atom stereocenters. The zero-order chi connectivity index (χ0) is 22.0. The Morgan fingerprint density at radius 3 is 2.68 bits per heavy atom. The third-order valence-corrected chi connectivity index (χ3v) is 4.75. The topological polar surface area (TPSA) is 87.9 Å². The van der Waals surface area contributed by atoms with Gasteiger partial charge in [-0.25, -0.2) is 4.39 Å². The second kappa shape index (κ2) is 8.43. The van der Waals surface area contributed by atoms with Crippen molar-refractivity contribution in [1.29, 1.82) is 0 Å². The van der Waals surface area contributed by atoms with E-state index in [1.165, 1.54) is 19.2 Å². The highest BCUT2D eigenvalue weighted by Crippen LogP contribution is 2.39. The van der Waals surface area contributed by atoms with Gasteiger partial charge in [-0.2, -0.15) is 0 Å². The van der Waals surface area contributed by atoms with Crippen molar-refractivity contribution < 1.29 is 32.7 Å². The Bertz CT molecular complexity index is 1180. The van der Waals surface area contributed by atoms with Crippen LogP contribution in [0.15, 0.2) is 52.7 Å². The zero-order valence-electron chi connectivity index (χ0n) is 16.8. The molecule has 0 amide bonds. The summed E-state index contributed by atoms with van der Waals surface area (Å²) < 4.78 is 34.3. The van der Waals surface area contributed by atoms with Gasteiger partial charge in [0.05, 0.1) is 19.1 Å². The number of nitrogens with zero attached hydrogens (tertiary/aromatic N) is 1. The van der Waals surface area contributed by atoms with Gasteiger partial charge in [-0.1, -0.05) is 12.1 Å². The molecule has 0 saturated heterocycles. The van der Waals surface area contributed by atoms with Gasteiger partial charge in [-0.3, -0.25) is 9.59 Å². The summed E-state index contributed by atoms with van der Waals surface area (Å²) in [5.41, 5.74) is 1.54. The average molecular weight is 423 g/mol. The smallest absolute Gasteiger partial charge is 0.311 e. The molecule has 158 valence electrons. The maximum Gasteiger partial charge on any atom is 0.311 e. The summed E-state index contributed by atoms with van der Waals surface area (Å²) in [6, 6.07) is 10.4. The molecular weight excluding hydrogens is 405 g/mol. The third-order valence-electron chi connectivity index (χ3n) is 4.75. The van der Waals surface area contributed by atoms with Gasteiger partial charge in [0, 0.05) is 18.1 Å². The number of Topliss-reactive ketones (excluding diaryl/α,β-unsaturated/α-hetero) is 1. The van der Waals surface area contributed by atoms with E-state index in [4.69, 9.17) is 18.7 Å². The molecule has 0 unspecified atom stereocenters. The average Bonchev–Trinajstić information content (AvgIpc) is 3.35. The molecule has 0 spiro atoms. The maximum absolute atomic E-state index is 13.1. The number of benzene rings is 2. The first kappa shape index (κ1) is 20.3. The number of ketones is 1. The molecule has 4 rings (SSSR count). The van der Waals surface area contributed by atoms with Crippen LogP contribution in [-0.2, 0) is 11.2 Å². The van der Waals surface area contributed by atoms with Crippen molar-refractivity contribution >= 4 is 17.8 Å². The number of allylic oxidation sites excluding steroid dienone is 1. The van der Waals surface area contributed by atoms with Gasteiger partial charge >= 0.3 is 5.97 Å². The van der Waals surface area contributed by atoms with E-state index in [0.29, 0.717) is 46.3 Å². The minimum atomic E-state index is -0.468. The molecular formula is C23H18FNO6. The van der Waals surface area contributed by atoms with Crippen LogP contribution >= 0.6 is 0 Å². The lowest BCUT2D eigenvalue weighted by Gasteiger charge is -2.09. The monoisotopic (exact) mass is 423 g/mol. The van der Waals surface area contributed by atoms with Crippen LogP contribution in [0.25, 0.3) is 6.08 Å². The molecule has 1 aromatic heterocycles. The van der Waals surface area contributed by atoms with Gasteiger partial charge in [0.1, 0.15) is 23.1 Å². The van der Waals surface area contributed by atoms with Crippen molar-refractivity contribution in [2.75, 3.05) is 7.11 Å². The largest absolute Gasteiger partial charge is 0.479 e. The predicted molar refractivity (Wildman–Crippen MR) is 108 cm³/mol. The Kier molecular flexibility index (Phi) is 5.53. The predicted octanol–water partition coefficient (Wildman–Crippen LogP) is 4.29. The number of ether oxygens (including phenoxy) is 3. The number of esters is 1. The van der Waals surface area contributed by atoms with Gasteiger partial charge in [0.2, 0.25) is 5.78 Å². The number of carbonyl (C=O) groups is 2. The normalized spacial score (nSPS) is 13.8. The van der Waals surface area contributed by atoms with E-state index in [2.05, 4.69) is 5.16 Å². The van der Waals surface area contributed by atoms with Crippen molar-refractivity contribution in [3.8, 4) is 17.4 Å². The van der Waals surface area contributed by atoms with Crippen LogP contribution in [0.5, 0.6) is 17.4 Å². The van der Waals surface area contributed by atoms with Crippen molar-refractivity contribution in [3.63, 3.8) is 0 Å². The van der Waals surface area contributed by atoms with Crippen LogP contribution in [0.3, 0.4) is 0 Å². The number of hydrogen-bond donors (Lipinski definition) is 0. The van der Waals surface area contributed by atoms with Crippen LogP contribution in [0.1, 0.15) is 33.7 Å². The highest BCUT2D eigenvalue weighted by molar-refractivity contribution is 6.15. The van der Waals surface area contributed by atoms with E-state index < -0.39 is 5.97 Å². The standard InChI is InChI=1S/C23H18FNO6/c1-13-18(29-21(26)10-7-16-12-20(28-2)25-31-16)9-8-17-22(27)19(30-23(13)17)11-14-3-5-15(24)6-4-14/h3-6,8-9,11-12H,7,10H2,1-2H3/b19-11-. The highest BCUT2D eigenvalue weighted by Gasteiger charge is 2.30. The molecule has 0 N–H and O–H groups in total. The Balaban J connectivity index is 1.46. The van der Waals surface area contributed by atoms with Crippen LogP contribution in [0, 0.1) is 12.7 Å². The van der Waals surface area contributed by atoms with Crippen molar-refractivity contribution in [1.82, 2.24) is 5.16 Å². The summed E-state index contributed by atoms with van der Waals surface area (Å²) in [7, 11) is 1.47. The number of methoxy groups -OCH3 is 1. The van der Waals surface area contributed by atoms with Crippen LogP contribution < -0.4 is 14.2 Å². The fraction of sp³-hybridized carbons (Fsp3) is 0.174. The molecule has 31 heavy (non-hydrogen) atoms. The van der Waals surface area contributed by atoms with Crippen molar-refractivity contribution in [2.45, 2.75) is 19.8 Å². The lowest BCUT2D eigenvalue weighted by molar-refractivity contribution is -0.134. The number of rotatable bonds is 6. The number of fused-ring (bicyclic) bond motifs is 1. The van der Waals surface area contributed by atoms with Crippen LogP contribution in [0.4, 0.5) is 4.39 Å². The number of halogens is 1. The fourth-order valence-electron chi connectivity index (χ4n) is 3.10. The van der Waals surface area contributed by atoms with E-state index in [9.17, 15) is 14.0 Å². The molecule has 0 fully saturated rings. The number of aryl methyl sites for hydroxylation is 1. The van der Waals surface area contributed by atoms with E-state index >= 15 is 0 Å². The molecule has 0 radical (unpaired) electrons. The minimum Gasteiger partial charge on any atom is -0.479 e. The molecule has 0 aliphatic carbocycles. The second-order valence-corrected chi connectivity index (χ2v) is 6.87. The highest BCUT2D eigenvalue weighted by atomic mass is 19.1. The maximum atomic E-state index is 13.1. The summed E-state index contributed by atoms with van der Waals surface area (Å²) in [6.07, 6.45) is 1.92. The van der Waals surface area contributed by atoms with E-state index in [1.807, 2.05) is 0 Å². The summed E-state index contributed by atoms with van der Waals surface area (Å²) in [4.78, 5) is 24.9. The van der Waals surface area contributed by atoms with Crippen molar-refractivity contribution in [2.24, 2.45) is 0 Å². The Morgan fingerprint density at radius 1 is 1.19 bits per heavy atom. The van der Waals surface area contributed by atoms with Crippen molar-refractivity contribution in [3.05, 3.63) is 76.5 Å². The quantitative estimate of drug-likeness (QED) is 0.332. The van der Waals surface area contributed by atoms with Gasteiger partial charge < -0.3 is 18.7 Å². The molecule has 0 bridgehead atoms. The number of hydrogen-bond acceptors (Lipinski definition) is 7. The van der Waals surface area contributed by atoms with Gasteiger partial charge in [0.25, 0.3) is 5.88 Å². The van der Waals surface area contributed by atoms with E-state index in [0.717, 1.165) is 0 Å². The third kappa shape index (κ3) is 4.32. The Morgan fingerprint density at radius 2 is 1.97 bits per heavy atom. The van der Waals surface area contributed by atoms with Gasteiger partial charge in [-0.05, 0) is 48.0 Å². The summed E-state index contributed by atoms with van der Waals surface area (Å²) in [5, 5.41) is 3.68. The molecule has 3 aromatic rings. The van der Waals surface area contributed by atoms with Crippen LogP contribution in [-0.4, -0.2) is 24.0 Å². The number of aromatic nitrogens is 1. The summed E-state index contributed by atoms with van der Waals surface area (Å²) in [6.45, 7) is 1.71. The van der Waals surface area contributed by atoms with E-state index in [1.54, 1.807) is 43.3 Å². The minimum absolute atomic E-state index is 0.0738. The van der Waals surface area contributed by atoms with E-state index in [-0.39, 0.29) is 23.8 Å². The Hall–Kier alpha value is -3.94. The lowest BCUT2D eigenvalue weighted by atomic mass is 10.1. The number of carbonyl (C=O) groups excluding carboxylic acids is 2. The SMILES string of the molecule is COc1cc(CCC(=O)Oc2ccc3c(c2C)O/C(=C\c2ccc(F)cc2)C3=O)on1. The summed E-state index contributed by atoms with van der Waals surface area (Å²) >= 11 is 0. The first-order valence-corrected chi connectivity index (χ1v) is 9.48. The zero-order valence-corrected chi connectivity index (χ0v) is 16.8. The molecule has 2 heterocycles. The molecule has 2 aromatic carbocycles. The van der Waals surface area contributed by atoms with Crippen LogP contribution in [0.2, 0.25) is 0 Å². The van der Waals surface area contributed by atoms with Gasteiger partial charge in [0.15, 0.2) is 5.76 Å². The van der Waals surface area contributed by atoms with Gasteiger partial charge in [-0.15, -0.1) is 0 Å². The second-order valence-electron chi connectivity index (χ2n) is 6.87. The first-order chi connectivity index (χ1) is 14.9. The molecule has 7 nitrogen and oxygen atoms in total. The molecule has 8 heteroatoms. The fourth-order valence-corrected chi connectivity index (χ4v) is 3.10. The molecule has 1 aliphatic heterocycles. The summed E-state index contributed by atoms with van der Waals surface area (Å²) in [5.74, 6) is 0.470. The molecule has 1 aliphatic rings. The molecule has 0 saturated carbocycles. The Labute approximate surface area is 177 Å². The first-order valence-electron chi connectivity index (χ1n) is 9.48. The lowest BCUT2D eigenvalue weighted by Crippen LogP contribution is -2.10.